The summed E-state index contributed by atoms with van der Waals surface area (Å²) in [5.74, 6) is -2.47. The van der Waals surface area contributed by atoms with E-state index in [2.05, 4.69) is 0 Å². The fraction of sp³-hybridized carbons (Fsp3) is 0.200. The smallest absolute Gasteiger partial charge is 0.397 e. The molecule has 0 atom stereocenters. The zero-order chi connectivity index (χ0) is 15.9. The van der Waals surface area contributed by atoms with E-state index in [1.54, 1.807) is 0 Å². The topological polar surface area (TPSA) is 73.6 Å². The van der Waals surface area contributed by atoms with Gasteiger partial charge in [0.1, 0.15) is 23.3 Å². The van der Waals surface area contributed by atoms with Crippen LogP contribution in [0.4, 0.5) is 36.4 Å². The largest absolute Gasteiger partial charge is 0.419 e. The molecule has 3 nitrogen and oxygen atoms in total. The Morgan fingerprint density at radius 1 is 0.800 bits per heavy atom. The predicted octanol–water partition coefficient (Wildman–Crippen LogP) is 3.19. The third-order valence-corrected chi connectivity index (χ3v) is 2.27. The number of nitriles is 2. The Morgan fingerprint density at radius 3 is 1.50 bits per heavy atom. The van der Waals surface area contributed by atoms with Crippen molar-refractivity contribution in [2.75, 3.05) is 5.73 Å². The van der Waals surface area contributed by atoms with Crippen molar-refractivity contribution < 1.29 is 30.7 Å². The van der Waals surface area contributed by atoms with Crippen LogP contribution in [0.2, 0.25) is 0 Å². The summed E-state index contributed by atoms with van der Waals surface area (Å²) in [7, 11) is 0. The van der Waals surface area contributed by atoms with Gasteiger partial charge in [-0.3, -0.25) is 0 Å². The highest BCUT2D eigenvalue weighted by molar-refractivity contribution is 5.69. The molecule has 106 valence electrons. The summed E-state index contributed by atoms with van der Waals surface area (Å²) in [4.78, 5) is 0. The maximum Gasteiger partial charge on any atom is 0.419 e. The highest BCUT2D eigenvalue weighted by Crippen LogP contribution is 2.46. The molecular weight excluding hydrogens is 295 g/mol. The van der Waals surface area contributed by atoms with Crippen molar-refractivity contribution in [3.8, 4) is 12.1 Å². The van der Waals surface area contributed by atoms with Gasteiger partial charge in [0.15, 0.2) is 5.82 Å². The summed E-state index contributed by atoms with van der Waals surface area (Å²) in [6.45, 7) is 0. The van der Waals surface area contributed by atoms with Crippen LogP contribution in [0.3, 0.4) is 0 Å². The van der Waals surface area contributed by atoms with Crippen LogP contribution < -0.4 is 5.73 Å². The second-order valence-corrected chi connectivity index (χ2v) is 3.45. The standard InChI is InChI=1S/C10H2F7N3/c11-7-3(1-18)4(2-19)8(20)6(10(15,16)17)5(7)9(12,13)14/h20H2. The van der Waals surface area contributed by atoms with Gasteiger partial charge in [0.25, 0.3) is 0 Å². The van der Waals surface area contributed by atoms with Gasteiger partial charge >= 0.3 is 12.4 Å². The number of halogens is 7. The molecule has 0 aliphatic heterocycles. The molecule has 0 radical (unpaired) electrons. The molecule has 0 bridgehead atoms. The molecule has 0 fully saturated rings. The summed E-state index contributed by atoms with van der Waals surface area (Å²) >= 11 is 0. The number of alkyl halides is 6. The normalized spacial score (nSPS) is 11.8. The average Bonchev–Trinajstić information content (AvgIpc) is 2.27. The van der Waals surface area contributed by atoms with Crippen LogP contribution in [-0.2, 0) is 12.4 Å². The molecule has 0 spiro atoms. The quantitative estimate of drug-likeness (QED) is 0.590. The number of rotatable bonds is 0. The number of nitrogens with two attached hydrogens (primary N) is 1. The highest BCUT2D eigenvalue weighted by atomic mass is 19.4. The van der Waals surface area contributed by atoms with Gasteiger partial charge in [-0.1, -0.05) is 0 Å². The second-order valence-electron chi connectivity index (χ2n) is 3.45. The van der Waals surface area contributed by atoms with E-state index in [0.717, 1.165) is 12.1 Å². The maximum absolute atomic E-state index is 13.5. The molecule has 0 saturated carbocycles. The zero-order valence-corrected chi connectivity index (χ0v) is 9.12. The van der Waals surface area contributed by atoms with Crippen LogP contribution in [0.1, 0.15) is 22.3 Å². The van der Waals surface area contributed by atoms with E-state index in [1.807, 2.05) is 0 Å². The van der Waals surface area contributed by atoms with E-state index in [0.29, 0.717) is 0 Å². The first-order valence-corrected chi connectivity index (χ1v) is 4.56. The van der Waals surface area contributed by atoms with E-state index in [9.17, 15) is 30.7 Å². The van der Waals surface area contributed by atoms with Crippen molar-refractivity contribution in [1.82, 2.24) is 0 Å². The van der Waals surface area contributed by atoms with E-state index < -0.39 is 46.1 Å². The Morgan fingerprint density at radius 2 is 1.20 bits per heavy atom. The summed E-state index contributed by atoms with van der Waals surface area (Å²) in [5, 5.41) is 17.0. The maximum atomic E-state index is 13.5. The van der Waals surface area contributed by atoms with Crippen LogP contribution in [0, 0.1) is 28.5 Å². The molecule has 20 heavy (non-hydrogen) atoms. The first-order chi connectivity index (χ1) is 8.96. The first kappa shape index (κ1) is 15.6. The van der Waals surface area contributed by atoms with Gasteiger partial charge in [-0.2, -0.15) is 36.9 Å². The number of nitrogen functional groups attached to an aromatic ring is 1. The minimum Gasteiger partial charge on any atom is -0.397 e. The minimum atomic E-state index is -5.73. The molecule has 0 aliphatic carbocycles. The van der Waals surface area contributed by atoms with Gasteiger partial charge in [0.05, 0.1) is 16.8 Å². The number of hydrogen-bond donors (Lipinski definition) is 1. The molecule has 0 aromatic heterocycles. The summed E-state index contributed by atoms with van der Waals surface area (Å²) in [6.07, 6.45) is -11.4. The van der Waals surface area contributed by atoms with Crippen molar-refractivity contribution in [3.05, 3.63) is 28.1 Å². The molecular formula is C10H2F7N3. The van der Waals surface area contributed by atoms with E-state index in [-0.39, 0.29) is 0 Å². The van der Waals surface area contributed by atoms with Gasteiger partial charge in [-0.05, 0) is 0 Å². The lowest BCUT2D eigenvalue weighted by atomic mass is 9.95. The van der Waals surface area contributed by atoms with E-state index in [1.165, 1.54) is 0 Å². The Labute approximate surface area is 106 Å². The third kappa shape index (κ3) is 2.32. The van der Waals surface area contributed by atoms with Crippen LogP contribution >= 0.6 is 0 Å². The molecule has 1 aromatic rings. The molecule has 10 heteroatoms. The fourth-order valence-corrected chi connectivity index (χ4v) is 1.52. The van der Waals surface area contributed by atoms with Gasteiger partial charge in [0, 0.05) is 0 Å². The van der Waals surface area contributed by atoms with Crippen molar-refractivity contribution in [2.45, 2.75) is 12.4 Å². The molecule has 1 aromatic carbocycles. The number of hydrogen-bond acceptors (Lipinski definition) is 3. The Hall–Kier alpha value is -2.49. The van der Waals surface area contributed by atoms with Crippen molar-refractivity contribution in [1.29, 1.82) is 10.5 Å². The molecule has 1 rings (SSSR count). The van der Waals surface area contributed by atoms with Gasteiger partial charge in [-0.25, -0.2) is 4.39 Å². The Balaban J connectivity index is 4.09. The molecule has 2 N–H and O–H groups in total. The lowest BCUT2D eigenvalue weighted by Crippen LogP contribution is -2.23. The monoisotopic (exact) mass is 297 g/mol. The minimum absolute atomic E-state index is 0.902. The molecule has 0 saturated heterocycles. The van der Waals surface area contributed by atoms with Crippen LogP contribution in [0.25, 0.3) is 0 Å². The van der Waals surface area contributed by atoms with Crippen LogP contribution in [0.15, 0.2) is 0 Å². The zero-order valence-electron chi connectivity index (χ0n) is 9.12. The molecule has 0 amide bonds. The van der Waals surface area contributed by atoms with Crippen LogP contribution in [0.5, 0.6) is 0 Å². The summed E-state index contributed by atoms with van der Waals surface area (Å²) < 4.78 is 89.2. The Kier molecular flexibility index (Phi) is 3.55. The molecule has 0 aliphatic rings. The third-order valence-electron chi connectivity index (χ3n) is 2.27. The van der Waals surface area contributed by atoms with Gasteiger partial charge in [-0.15, -0.1) is 0 Å². The Bertz CT molecular complexity index is 587. The van der Waals surface area contributed by atoms with E-state index in [4.69, 9.17) is 16.3 Å². The summed E-state index contributed by atoms with van der Waals surface area (Å²) in [5.41, 5.74) is -4.77. The lowest BCUT2D eigenvalue weighted by molar-refractivity contribution is -0.163. The number of anilines is 1. The van der Waals surface area contributed by atoms with Crippen molar-refractivity contribution >= 4 is 5.69 Å². The molecule has 0 unspecified atom stereocenters. The number of benzene rings is 1. The van der Waals surface area contributed by atoms with Crippen LogP contribution in [-0.4, -0.2) is 0 Å². The summed E-state index contributed by atoms with van der Waals surface area (Å²) in [6, 6.07) is 1.89. The van der Waals surface area contributed by atoms with Crippen molar-refractivity contribution in [3.63, 3.8) is 0 Å². The number of nitrogens with zero attached hydrogens (tertiary/aromatic N) is 2. The predicted molar refractivity (Wildman–Crippen MR) is 50.2 cm³/mol. The average molecular weight is 297 g/mol. The molecule has 0 heterocycles. The SMILES string of the molecule is N#Cc1c(N)c(C(F)(F)F)c(C(F)(F)F)c(F)c1C#N. The van der Waals surface area contributed by atoms with E-state index >= 15 is 0 Å². The van der Waals surface area contributed by atoms with Gasteiger partial charge in [0.2, 0.25) is 0 Å². The second kappa shape index (κ2) is 4.56. The van der Waals surface area contributed by atoms with Crippen molar-refractivity contribution in [2.24, 2.45) is 0 Å². The lowest BCUT2D eigenvalue weighted by Gasteiger charge is -2.19. The van der Waals surface area contributed by atoms with Gasteiger partial charge < -0.3 is 5.73 Å². The fourth-order valence-electron chi connectivity index (χ4n) is 1.52. The highest BCUT2D eigenvalue weighted by Gasteiger charge is 2.49. The first-order valence-electron chi connectivity index (χ1n) is 4.56.